The third kappa shape index (κ3) is 4.81. The number of thioether (sulfide) groups is 1. The molecular formula is C22H26N4OS. The summed E-state index contributed by atoms with van der Waals surface area (Å²) in [5.74, 6) is 0.00615. The van der Waals surface area contributed by atoms with Crippen LogP contribution in [0.25, 0.3) is 5.69 Å². The minimum Gasteiger partial charge on any atom is -0.348 e. The summed E-state index contributed by atoms with van der Waals surface area (Å²) in [6, 6.07) is 18.2. The summed E-state index contributed by atoms with van der Waals surface area (Å²) < 4.78 is 1.94. The van der Waals surface area contributed by atoms with Crippen LogP contribution in [0.15, 0.2) is 66.1 Å². The highest BCUT2D eigenvalue weighted by Crippen LogP contribution is 2.26. The number of nitrogens with one attached hydrogen (secondary N) is 1. The Kier molecular flexibility index (Phi) is 6.87. The van der Waals surface area contributed by atoms with Gasteiger partial charge in [0.2, 0.25) is 5.91 Å². The first-order valence-electron chi connectivity index (χ1n) is 9.58. The van der Waals surface area contributed by atoms with E-state index in [0.717, 1.165) is 29.7 Å². The highest BCUT2D eigenvalue weighted by atomic mass is 32.2. The van der Waals surface area contributed by atoms with Crippen LogP contribution in [0.3, 0.4) is 0 Å². The number of rotatable bonds is 8. The molecule has 3 aromatic rings. The van der Waals surface area contributed by atoms with Crippen molar-refractivity contribution in [2.24, 2.45) is 0 Å². The molecule has 1 N–H and O–H groups in total. The Bertz CT molecular complexity index is 910. The van der Waals surface area contributed by atoms with Crippen molar-refractivity contribution in [3.8, 4) is 5.69 Å². The molecule has 0 fully saturated rings. The van der Waals surface area contributed by atoms with Gasteiger partial charge in [0.1, 0.15) is 6.33 Å². The molecule has 1 aromatic heterocycles. The smallest absolute Gasteiger partial charge is 0.233 e. The number of carbonyl (C=O) groups excluding carboxylic acids is 1. The van der Waals surface area contributed by atoms with Crippen LogP contribution in [0, 0.1) is 6.92 Å². The van der Waals surface area contributed by atoms with Gasteiger partial charge in [-0.15, -0.1) is 10.2 Å². The normalized spacial score (nSPS) is 13.1. The second-order valence-electron chi connectivity index (χ2n) is 6.79. The van der Waals surface area contributed by atoms with Crippen LogP contribution in [0.2, 0.25) is 0 Å². The number of benzene rings is 2. The lowest BCUT2D eigenvalue weighted by Crippen LogP contribution is -2.34. The van der Waals surface area contributed by atoms with E-state index >= 15 is 0 Å². The van der Waals surface area contributed by atoms with Crippen molar-refractivity contribution in [2.75, 3.05) is 0 Å². The monoisotopic (exact) mass is 394 g/mol. The fraction of sp³-hybridized carbons (Fsp3) is 0.318. The molecule has 2 atom stereocenters. The van der Waals surface area contributed by atoms with Crippen LogP contribution in [0.4, 0.5) is 0 Å². The van der Waals surface area contributed by atoms with E-state index in [1.165, 1.54) is 11.8 Å². The van der Waals surface area contributed by atoms with E-state index in [1.807, 2.05) is 47.9 Å². The van der Waals surface area contributed by atoms with Gasteiger partial charge < -0.3 is 5.32 Å². The SMILES string of the molecule is CCCC(NC(=O)C(C)Sc1nncn1-c1ccccc1C)c1ccccc1. The molecule has 0 saturated heterocycles. The minimum absolute atomic E-state index is 0.00615. The van der Waals surface area contributed by atoms with Crippen molar-refractivity contribution in [1.29, 1.82) is 0 Å². The van der Waals surface area contributed by atoms with Gasteiger partial charge in [0.15, 0.2) is 5.16 Å². The molecule has 146 valence electrons. The fourth-order valence-corrected chi connectivity index (χ4v) is 3.95. The zero-order valence-electron chi connectivity index (χ0n) is 16.5. The highest BCUT2D eigenvalue weighted by Gasteiger charge is 2.22. The predicted molar refractivity (Wildman–Crippen MR) is 114 cm³/mol. The van der Waals surface area contributed by atoms with Crippen LogP contribution < -0.4 is 5.32 Å². The molecule has 0 saturated carbocycles. The summed E-state index contributed by atoms with van der Waals surface area (Å²) in [4.78, 5) is 12.9. The highest BCUT2D eigenvalue weighted by molar-refractivity contribution is 8.00. The Hall–Kier alpha value is -2.60. The van der Waals surface area contributed by atoms with Crippen LogP contribution in [0.5, 0.6) is 0 Å². The summed E-state index contributed by atoms with van der Waals surface area (Å²) in [5.41, 5.74) is 3.29. The number of carbonyl (C=O) groups is 1. The van der Waals surface area contributed by atoms with E-state index in [0.29, 0.717) is 5.16 Å². The van der Waals surface area contributed by atoms with Crippen LogP contribution in [-0.4, -0.2) is 25.9 Å². The molecule has 0 aliphatic carbocycles. The Labute approximate surface area is 170 Å². The van der Waals surface area contributed by atoms with E-state index in [2.05, 4.69) is 47.6 Å². The van der Waals surface area contributed by atoms with Gasteiger partial charge in [-0.3, -0.25) is 9.36 Å². The van der Waals surface area contributed by atoms with Gasteiger partial charge >= 0.3 is 0 Å². The Morgan fingerprint density at radius 3 is 2.57 bits per heavy atom. The molecule has 0 radical (unpaired) electrons. The van der Waals surface area contributed by atoms with Crippen molar-refractivity contribution in [3.05, 3.63) is 72.1 Å². The maximum Gasteiger partial charge on any atom is 0.233 e. The number of aryl methyl sites for hydroxylation is 1. The van der Waals surface area contributed by atoms with Crippen LogP contribution in [-0.2, 0) is 4.79 Å². The lowest BCUT2D eigenvalue weighted by atomic mass is 10.0. The van der Waals surface area contributed by atoms with E-state index < -0.39 is 0 Å². The summed E-state index contributed by atoms with van der Waals surface area (Å²) in [6.45, 7) is 6.09. The number of amides is 1. The average molecular weight is 395 g/mol. The van der Waals surface area contributed by atoms with E-state index in [9.17, 15) is 4.79 Å². The third-order valence-corrected chi connectivity index (χ3v) is 5.70. The standard InChI is InChI=1S/C22H26N4OS/c1-4-10-19(18-12-6-5-7-13-18)24-21(27)17(3)28-22-25-23-15-26(22)20-14-9-8-11-16(20)2/h5-9,11-15,17,19H,4,10H2,1-3H3,(H,24,27). The van der Waals surface area contributed by atoms with Crippen LogP contribution in [0.1, 0.15) is 43.9 Å². The summed E-state index contributed by atoms with van der Waals surface area (Å²) >= 11 is 1.42. The first-order valence-corrected chi connectivity index (χ1v) is 10.5. The fourth-order valence-electron chi connectivity index (χ4n) is 3.10. The van der Waals surface area contributed by atoms with Crippen molar-refractivity contribution in [2.45, 2.75) is 50.1 Å². The van der Waals surface area contributed by atoms with Gasteiger partial charge in [-0.2, -0.15) is 0 Å². The lowest BCUT2D eigenvalue weighted by molar-refractivity contribution is -0.121. The van der Waals surface area contributed by atoms with Gasteiger partial charge in [0.25, 0.3) is 0 Å². The van der Waals surface area contributed by atoms with Crippen LogP contribution >= 0.6 is 11.8 Å². The van der Waals surface area contributed by atoms with Crippen molar-refractivity contribution in [1.82, 2.24) is 20.1 Å². The Morgan fingerprint density at radius 2 is 1.86 bits per heavy atom. The van der Waals surface area contributed by atoms with Crippen molar-refractivity contribution in [3.63, 3.8) is 0 Å². The molecule has 0 spiro atoms. The second kappa shape index (κ2) is 9.55. The second-order valence-corrected chi connectivity index (χ2v) is 8.10. The molecule has 6 heteroatoms. The molecule has 0 aliphatic heterocycles. The topological polar surface area (TPSA) is 59.8 Å². The van der Waals surface area contributed by atoms with Gasteiger partial charge in [-0.25, -0.2) is 0 Å². The van der Waals surface area contributed by atoms with E-state index in [4.69, 9.17) is 0 Å². The van der Waals surface area contributed by atoms with Gasteiger partial charge in [0.05, 0.1) is 17.0 Å². The summed E-state index contributed by atoms with van der Waals surface area (Å²) in [5, 5.41) is 11.9. The number of hydrogen-bond donors (Lipinski definition) is 1. The van der Waals surface area contributed by atoms with Crippen molar-refractivity contribution < 1.29 is 4.79 Å². The first-order chi connectivity index (χ1) is 13.6. The predicted octanol–water partition coefficient (Wildman–Crippen LogP) is 4.71. The zero-order valence-corrected chi connectivity index (χ0v) is 17.3. The van der Waals surface area contributed by atoms with Gasteiger partial charge in [-0.1, -0.05) is 73.6 Å². The molecule has 3 rings (SSSR count). The average Bonchev–Trinajstić information content (AvgIpc) is 3.16. The van der Waals surface area contributed by atoms with E-state index in [1.54, 1.807) is 6.33 Å². The maximum atomic E-state index is 12.9. The molecular weight excluding hydrogens is 368 g/mol. The van der Waals surface area contributed by atoms with Crippen molar-refractivity contribution >= 4 is 17.7 Å². The Balaban J connectivity index is 1.71. The van der Waals surface area contributed by atoms with Gasteiger partial charge in [0, 0.05) is 0 Å². The summed E-state index contributed by atoms with van der Waals surface area (Å²) in [6.07, 6.45) is 3.61. The largest absolute Gasteiger partial charge is 0.348 e. The lowest BCUT2D eigenvalue weighted by Gasteiger charge is -2.21. The molecule has 1 heterocycles. The first kappa shape index (κ1) is 20.1. The zero-order chi connectivity index (χ0) is 19.9. The summed E-state index contributed by atoms with van der Waals surface area (Å²) in [7, 11) is 0. The molecule has 2 unspecified atom stereocenters. The number of para-hydroxylation sites is 1. The quantitative estimate of drug-likeness (QED) is 0.562. The molecule has 5 nitrogen and oxygen atoms in total. The molecule has 1 amide bonds. The van der Waals surface area contributed by atoms with Gasteiger partial charge in [-0.05, 0) is 37.5 Å². The molecule has 0 aliphatic rings. The Morgan fingerprint density at radius 1 is 1.14 bits per heavy atom. The molecule has 28 heavy (non-hydrogen) atoms. The number of aromatic nitrogens is 3. The maximum absolute atomic E-state index is 12.9. The molecule has 2 aromatic carbocycles. The molecule has 0 bridgehead atoms. The number of hydrogen-bond acceptors (Lipinski definition) is 4. The van der Waals surface area contributed by atoms with E-state index in [-0.39, 0.29) is 17.2 Å². The third-order valence-electron chi connectivity index (χ3n) is 4.64. The minimum atomic E-state index is -0.282. The number of nitrogens with zero attached hydrogens (tertiary/aromatic N) is 3.